The molecule has 112 valence electrons. The van der Waals surface area contributed by atoms with Gasteiger partial charge in [-0.05, 0) is 37.9 Å². The van der Waals surface area contributed by atoms with Gasteiger partial charge in [-0.15, -0.1) is 0 Å². The molecule has 1 heterocycles. The first-order valence-electron chi connectivity index (χ1n) is 7.13. The molecule has 0 bridgehead atoms. The summed E-state index contributed by atoms with van der Waals surface area (Å²) in [7, 11) is 0. The molecule has 2 unspecified atom stereocenters. The van der Waals surface area contributed by atoms with Crippen molar-refractivity contribution in [2.75, 3.05) is 26.3 Å². The molecule has 4 nitrogen and oxygen atoms in total. The molecule has 0 saturated carbocycles. The number of para-hydroxylation sites is 1. The minimum absolute atomic E-state index is 0.233. The summed E-state index contributed by atoms with van der Waals surface area (Å²) in [6.45, 7) is 2.49. The molecule has 0 amide bonds. The summed E-state index contributed by atoms with van der Waals surface area (Å²) in [5.74, 6) is 0.604. The molecule has 1 aromatic carbocycles. The number of ether oxygens (including phenoxy) is 2. The first-order chi connectivity index (χ1) is 9.75. The van der Waals surface area contributed by atoms with Crippen LogP contribution >= 0.6 is 11.6 Å². The van der Waals surface area contributed by atoms with Gasteiger partial charge < -0.3 is 19.9 Å². The normalized spacial score (nSPS) is 20.0. The number of nitrogens with one attached hydrogen (secondary N) is 1. The van der Waals surface area contributed by atoms with Crippen molar-refractivity contribution in [3.63, 3.8) is 0 Å². The lowest BCUT2D eigenvalue weighted by Crippen LogP contribution is -2.33. The van der Waals surface area contributed by atoms with Crippen LogP contribution in [0, 0.1) is 0 Å². The highest BCUT2D eigenvalue weighted by Gasteiger charge is 2.14. The van der Waals surface area contributed by atoms with Crippen molar-refractivity contribution in [2.24, 2.45) is 0 Å². The van der Waals surface area contributed by atoms with Gasteiger partial charge in [0, 0.05) is 13.2 Å². The molecule has 1 aliphatic heterocycles. The third-order valence-corrected chi connectivity index (χ3v) is 3.63. The number of aliphatic hydroxyl groups excluding tert-OH is 1. The summed E-state index contributed by atoms with van der Waals surface area (Å²) < 4.78 is 11.0. The molecule has 5 heteroatoms. The third kappa shape index (κ3) is 5.29. The smallest absolute Gasteiger partial charge is 0.138 e. The summed E-state index contributed by atoms with van der Waals surface area (Å²) in [5.41, 5.74) is 0. The van der Waals surface area contributed by atoms with Gasteiger partial charge >= 0.3 is 0 Å². The SMILES string of the molecule is OC(CNCCC1CCCO1)COc1ccccc1Cl. The second-order valence-electron chi connectivity index (χ2n) is 5.02. The highest BCUT2D eigenvalue weighted by molar-refractivity contribution is 6.32. The number of hydrogen-bond donors (Lipinski definition) is 2. The fourth-order valence-corrected chi connectivity index (χ4v) is 2.40. The second kappa shape index (κ2) is 8.47. The van der Waals surface area contributed by atoms with E-state index in [2.05, 4.69) is 5.32 Å². The van der Waals surface area contributed by atoms with Gasteiger partial charge in [0.15, 0.2) is 0 Å². The Morgan fingerprint density at radius 1 is 1.45 bits per heavy atom. The van der Waals surface area contributed by atoms with Crippen molar-refractivity contribution in [3.05, 3.63) is 29.3 Å². The van der Waals surface area contributed by atoms with Crippen molar-refractivity contribution in [3.8, 4) is 5.75 Å². The molecule has 1 aromatic rings. The summed E-state index contributed by atoms with van der Waals surface area (Å²) in [4.78, 5) is 0. The van der Waals surface area contributed by atoms with Gasteiger partial charge in [0.25, 0.3) is 0 Å². The van der Waals surface area contributed by atoms with E-state index in [1.165, 1.54) is 6.42 Å². The lowest BCUT2D eigenvalue weighted by molar-refractivity contribution is 0.0942. The maximum atomic E-state index is 9.83. The Morgan fingerprint density at radius 3 is 3.05 bits per heavy atom. The molecular weight excluding hydrogens is 278 g/mol. The fraction of sp³-hybridized carbons (Fsp3) is 0.600. The number of benzene rings is 1. The van der Waals surface area contributed by atoms with Crippen molar-refractivity contribution < 1.29 is 14.6 Å². The summed E-state index contributed by atoms with van der Waals surface area (Å²) in [5, 5.41) is 13.6. The Balaban J connectivity index is 1.56. The van der Waals surface area contributed by atoms with Gasteiger partial charge in [0.1, 0.15) is 18.5 Å². The Hall–Kier alpha value is -0.810. The van der Waals surface area contributed by atoms with E-state index in [9.17, 15) is 5.11 Å². The van der Waals surface area contributed by atoms with Gasteiger partial charge in [-0.1, -0.05) is 23.7 Å². The van der Waals surface area contributed by atoms with E-state index in [1.807, 2.05) is 12.1 Å². The van der Waals surface area contributed by atoms with Crippen LogP contribution in [0.1, 0.15) is 19.3 Å². The van der Waals surface area contributed by atoms with Crippen LogP contribution < -0.4 is 10.1 Å². The molecule has 1 aliphatic rings. The van der Waals surface area contributed by atoms with Gasteiger partial charge in [0.05, 0.1) is 11.1 Å². The maximum Gasteiger partial charge on any atom is 0.138 e. The lowest BCUT2D eigenvalue weighted by Gasteiger charge is -2.15. The van der Waals surface area contributed by atoms with E-state index in [0.29, 0.717) is 23.4 Å². The van der Waals surface area contributed by atoms with Crippen molar-refractivity contribution in [1.29, 1.82) is 0 Å². The zero-order chi connectivity index (χ0) is 14.2. The van der Waals surface area contributed by atoms with Crippen molar-refractivity contribution in [1.82, 2.24) is 5.32 Å². The lowest BCUT2D eigenvalue weighted by atomic mass is 10.2. The second-order valence-corrected chi connectivity index (χ2v) is 5.43. The molecule has 1 saturated heterocycles. The van der Waals surface area contributed by atoms with Crippen molar-refractivity contribution >= 4 is 11.6 Å². The van der Waals surface area contributed by atoms with Gasteiger partial charge in [0.2, 0.25) is 0 Å². The Kier molecular flexibility index (Phi) is 6.60. The van der Waals surface area contributed by atoms with E-state index in [1.54, 1.807) is 12.1 Å². The molecule has 0 radical (unpaired) electrons. The van der Waals surface area contributed by atoms with E-state index in [0.717, 1.165) is 26.0 Å². The minimum atomic E-state index is -0.546. The number of halogens is 1. The highest BCUT2D eigenvalue weighted by atomic mass is 35.5. The van der Waals surface area contributed by atoms with Crippen LogP contribution in [-0.4, -0.2) is 43.6 Å². The van der Waals surface area contributed by atoms with Crippen molar-refractivity contribution in [2.45, 2.75) is 31.5 Å². The number of rotatable bonds is 8. The third-order valence-electron chi connectivity index (χ3n) is 3.31. The predicted molar refractivity (Wildman–Crippen MR) is 79.4 cm³/mol. The van der Waals surface area contributed by atoms with Crippen LogP contribution in [0.2, 0.25) is 5.02 Å². The molecule has 2 N–H and O–H groups in total. The first kappa shape index (κ1) is 15.6. The topological polar surface area (TPSA) is 50.7 Å². The zero-order valence-corrected chi connectivity index (χ0v) is 12.3. The van der Waals surface area contributed by atoms with Gasteiger partial charge in [-0.3, -0.25) is 0 Å². The number of hydrogen-bond acceptors (Lipinski definition) is 4. The summed E-state index contributed by atoms with van der Waals surface area (Å²) >= 11 is 5.97. The van der Waals surface area contributed by atoms with E-state index in [-0.39, 0.29) is 6.61 Å². The van der Waals surface area contributed by atoms with Gasteiger partial charge in [-0.2, -0.15) is 0 Å². The Morgan fingerprint density at radius 2 is 2.30 bits per heavy atom. The molecule has 0 aliphatic carbocycles. The van der Waals surface area contributed by atoms with E-state index in [4.69, 9.17) is 21.1 Å². The molecule has 2 rings (SSSR count). The Labute approximate surface area is 125 Å². The molecule has 1 fully saturated rings. The Bertz CT molecular complexity index is 396. The van der Waals surface area contributed by atoms with E-state index >= 15 is 0 Å². The quantitative estimate of drug-likeness (QED) is 0.723. The molecule has 0 spiro atoms. The maximum absolute atomic E-state index is 9.83. The van der Waals surface area contributed by atoms with Crippen LogP contribution in [0.25, 0.3) is 0 Å². The average molecular weight is 300 g/mol. The molecule has 0 aromatic heterocycles. The average Bonchev–Trinajstić information content (AvgIpc) is 2.96. The molecule has 20 heavy (non-hydrogen) atoms. The van der Waals surface area contributed by atoms with E-state index < -0.39 is 6.10 Å². The summed E-state index contributed by atoms with van der Waals surface area (Å²) in [6, 6.07) is 7.26. The summed E-state index contributed by atoms with van der Waals surface area (Å²) in [6.07, 6.45) is 3.16. The van der Waals surface area contributed by atoms with Crippen LogP contribution in [0.15, 0.2) is 24.3 Å². The largest absolute Gasteiger partial charge is 0.489 e. The highest BCUT2D eigenvalue weighted by Crippen LogP contribution is 2.23. The van der Waals surface area contributed by atoms with Crippen LogP contribution in [-0.2, 0) is 4.74 Å². The molecule has 2 atom stereocenters. The fourth-order valence-electron chi connectivity index (χ4n) is 2.21. The standard InChI is InChI=1S/C15H22ClNO3/c16-14-5-1-2-6-15(14)20-11-12(18)10-17-8-7-13-4-3-9-19-13/h1-2,5-6,12-13,17-18H,3-4,7-11H2. The van der Waals surface area contributed by atoms with Crippen LogP contribution in [0.5, 0.6) is 5.75 Å². The monoisotopic (exact) mass is 299 g/mol. The minimum Gasteiger partial charge on any atom is -0.489 e. The first-order valence-corrected chi connectivity index (χ1v) is 7.51. The van der Waals surface area contributed by atoms with Crippen LogP contribution in [0.3, 0.4) is 0 Å². The zero-order valence-electron chi connectivity index (χ0n) is 11.6. The number of aliphatic hydroxyl groups is 1. The predicted octanol–water partition coefficient (Wildman–Crippen LogP) is 2.24. The molecular formula is C15H22ClNO3. The van der Waals surface area contributed by atoms with Crippen LogP contribution in [0.4, 0.5) is 0 Å². The van der Waals surface area contributed by atoms with Gasteiger partial charge in [-0.25, -0.2) is 0 Å².